The highest BCUT2D eigenvalue weighted by molar-refractivity contribution is 5.95. The Bertz CT molecular complexity index is 523. The molecule has 19 heavy (non-hydrogen) atoms. The zero-order valence-electron chi connectivity index (χ0n) is 11.5. The molecule has 0 aromatic carbocycles. The zero-order valence-corrected chi connectivity index (χ0v) is 11.5. The molecule has 0 spiro atoms. The van der Waals surface area contributed by atoms with Crippen LogP contribution in [0.1, 0.15) is 35.8 Å². The average molecular weight is 265 g/mol. The van der Waals surface area contributed by atoms with Gasteiger partial charge in [-0.2, -0.15) is 5.10 Å². The molecule has 6 nitrogen and oxygen atoms in total. The molecule has 6 heteroatoms. The number of aryl methyl sites for hydroxylation is 1. The number of carboxylic acids is 1. The normalized spacial score (nSPS) is 22.8. The van der Waals surface area contributed by atoms with Gasteiger partial charge in [-0.1, -0.05) is 6.92 Å². The highest BCUT2D eigenvalue weighted by Crippen LogP contribution is 2.35. The van der Waals surface area contributed by atoms with Crippen molar-refractivity contribution in [2.75, 3.05) is 13.1 Å². The molecule has 1 fully saturated rings. The Balaban J connectivity index is 2.19. The summed E-state index contributed by atoms with van der Waals surface area (Å²) in [7, 11) is 1.78. The van der Waals surface area contributed by atoms with E-state index < -0.39 is 11.4 Å². The standard InChI is InChI=1S/C13H19N3O3/c1-4-13(12(18)19)5-6-16(8-13)11(17)10-7-14-15(3)9(10)2/h7H,4-6,8H2,1-3H3,(H,18,19). The fourth-order valence-electron chi connectivity index (χ4n) is 2.54. The number of carbonyl (C=O) groups is 2. The number of aliphatic carboxylic acids is 1. The number of carboxylic acid groups (broad SMARTS) is 1. The predicted molar refractivity (Wildman–Crippen MR) is 68.8 cm³/mol. The lowest BCUT2D eigenvalue weighted by Crippen LogP contribution is -2.36. The second kappa shape index (κ2) is 4.68. The molecule has 1 unspecified atom stereocenters. The van der Waals surface area contributed by atoms with Gasteiger partial charge in [-0.25, -0.2) is 0 Å². The Hall–Kier alpha value is -1.85. The Kier molecular flexibility index (Phi) is 3.34. The summed E-state index contributed by atoms with van der Waals surface area (Å²) < 4.78 is 1.65. The summed E-state index contributed by atoms with van der Waals surface area (Å²) >= 11 is 0. The van der Waals surface area contributed by atoms with Gasteiger partial charge in [-0.15, -0.1) is 0 Å². The van der Waals surface area contributed by atoms with E-state index in [0.29, 0.717) is 24.9 Å². The van der Waals surface area contributed by atoms with Crippen LogP contribution in [0.4, 0.5) is 0 Å². The molecule has 0 bridgehead atoms. The van der Waals surface area contributed by atoms with E-state index in [4.69, 9.17) is 0 Å². The number of amides is 1. The molecule has 1 aromatic heterocycles. The summed E-state index contributed by atoms with van der Waals surface area (Å²) in [5.74, 6) is -0.935. The molecule has 1 aliphatic rings. The van der Waals surface area contributed by atoms with Crippen molar-refractivity contribution in [2.45, 2.75) is 26.7 Å². The van der Waals surface area contributed by atoms with Crippen molar-refractivity contribution in [2.24, 2.45) is 12.5 Å². The molecule has 0 aliphatic carbocycles. The Morgan fingerprint density at radius 2 is 2.21 bits per heavy atom. The maximum Gasteiger partial charge on any atom is 0.311 e. The third-order valence-electron chi connectivity index (χ3n) is 4.24. The third kappa shape index (κ3) is 2.11. The van der Waals surface area contributed by atoms with Gasteiger partial charge in [-0.3, -0.25) is 14.3 Å². The van der Waals surface area contributed by atoms with Crippen LogP contribution in [0, 0.1) is 12.3 Å². The van der Waals surface area contributed by atoms with Crippen molar-refractivity contribution < 1.29 is 14.7 Å². The van der Waals surface area contributed by atoms with Crippen molar-refractivity contribution in [3.05, 3.63) is 17.5 Å². The summed E-state index contributed by atoms with van der Waals surface area (Å²) in [4.78, 5) is 25.4. The van der Waals surface area contributed by atoms with Gasteiger partial charge in [0.15, 0.2) is 0 Å². The van der Waals surface area contributed by atoms with Crippen LogP contribution in [0.2, 0.25) is 0 Å². The number of hydrogen-bond acceptors (Lipinski definition) is 3. The highest BCUT2D eigenvalue weighted by Gasteiger charge is 2.45. The summed E-state index contributed by atoms with van der Waals surface area (Å²) in [5, 5.41) is 13.4. The monoisotopic (exact) mass is 265 g/mol. The number of nitrogens with zero attached hydrogens (tertiary/aromatic N) is 3. The first-order valence-electron chi connectivity index (χ1n) is 6.42. The molecule has 0 saturated carbocycles. The van der Waals surface area contributed by atoms with Crippen LogP contribution < -0.4 is 0 Å². The van der Waals surface area contributed by atoms with Crippen LogP contribution >= 0.6 is 0 Å². The maximum atomic E-state index is 12.4. The Morgan fingerprint density at radius 1 is 1.53 bits per heavy atom. The van der Waals surface area contributed by atoms with E-state index in [1.807, 2.05) is 13.8 Å². The minimum absolute atomic E-state index is 0.123. The van der Waals surface area contributed by atoms with E-state index >= 15 is 0 Å². The van der Waals surface area contributed by atoms with E-state index in [1.54, 1.807) is 22.8 Å². The SMILES string of the molecule is CCC1(C(=O)O)CCN(C(=O)c2cnn(C)c2C)C1. The van der Waals surface area contributed by atoms with Crippen LogP contribution in [0.3, 0.4) is 0 Å². The average Bonchev–Trinajstić information content (AvgIpc) is 2.95. The van der Waals surface area contributed by atoms with Gasteiger partial charge in [0.25, 0.3) is 5.91 Å². The van der Waals surface area contributed by atoms with Gasteiger partial charge in [-0.05, 0) is 19.8 Å². The summed E-state index contributed by atoms with van der Waals surface area (Å²) in [6.07, 6.45) is 2.60. The number of rotatable bonds is 3. The predicted octanol–water partition coefficient (Wildman–Crippen LogP) is 1.06. The van der Waals surface area contributed by atoms with Crippen molar-refractivity contribution in [1.29, 1.82) is 0 Å². The highest BCUT2D eigenvalue weighted by atomic mass is 16.4. The van der Waals surface area contributed by atoms with Crippen LogP contribution in [0.15, 0.2) is 6.20 Å². The quantitative estimate of drug-likeness (QED) is 0.886. The van der Waals surface area contributed by atoms with E-state index in [0.717, 1.165) is 5.69 Å². The van der Waals surface area contributed by atoms with Crippen LogP contribution in [-0.2, 0) is 11.8 Å². The summed E-state index contributed by atoms with van der Waals surface area (Å²) in [5.41, 5.74) is 0.570. The first kappa shape index (κ1) is 13.6. The van der Waals surface area contributed by atoms with E-state index in [9.17, 15) is 14.7 Å². The fourth-order valence-corrected chi connectivity index (χ4v) is 2.54. The molecule has 1 aliphatic heterocycles. The van der Waals surface area contributed by atoms with Gasteiger partial charge in [0.05, 0.1) is 17.2 Å². The van der Waals surface area contributed by atoms with Gasteiger partial charge < -0.3 is 10.0 Å². The molecule has 1 aromatic rings. The van der Waals surface area contributed by atoms with Crippen molar-refractivity contribution in [1.82, 2.24) is 14.7 Å². The zero-order chi connectivity index (χ0) is 14.2. The van der Waals surface area contributed by atoms with Crippen molar-refractivity contribution >= 4 is 11.9 Å². The third-order valence-corrected chi connectivity index (χ3v) is 4.24. The molecule has 2 rings (SSSR count). The smallest absolute Gasteiger partial charge is 0.311 e. The lowest BCUT2D eigenvalue weighted by Gasteiger charge is -2.23. The molecule has 1 saturated heterocycles. The van der Waals surface area contributed by atoms with Gasteiger partial charge in [0.1, 0.15) is 0 Å². The Labute approximate surface area is 112 Å². The first-order valence-corrected chi connectivity index (χ1v) is 6.42. The molecule has 104 valence electrons. The number of hydrogen-bond donors (Lipinski definition) is 1. The van der Waals surface area contributed by atoms with Crippen molar-refractivity contribution in [3.63, 3.8) is 0 Å². The second-order valence-electron chi connectivity index (χ2n) is 5.18. The van der Waals surface area contributed by atoms with Gasteiger partial charge in [0.2, 0.25) is 0 Å². The topological polar surface area (TPSA) is 75.4 Å². The largest absolute Gasteiger partial charge is 0.481 e. The molecule has 0 radical (unpaired) electrons. The minimum Gasteiger partial charge on any atom is -0.481 e. The molecule has 2 heterocycles. The minimum atomic E-state index is -0.812. The lowest BCUT2D eigenvalue weighted by atomic mass is 9.84. The van der Waals surface area contributed by atoms with Crippen molar-refractivity contribution in [3.8, 4) is 0 Å². The molecule has 1 atom stereocenters. The van der Waals surface area contributed by atoms with Crippen LogP contribution in [0.25, 0.3) is 0 Å². The van der Waals surface area contributed by atoms with E-state index in [1.165, 1.54) is 0 Å². The Morgan fingerprint density at radius 3 is 2.63 bits per heavy atom. The van der Waals surface area contributed by atoms with E-state index in [-0.39, 0.29) is 12.5 Å². The van der Waals surface area contributed by atoms with Crippen LogP contribution in [0.5, 0.6) is 0 Å². The maximum absolute atomic E-state index is 12.4. The number of likely N-dealkylation sites (tertiary alicyclic amines) is 1. The number of carbonyl (C=O) groups excluding carboxylic acids is 1. The molecule has 1 N–H and O–H groups in total. The fraction of sp³-hybridized carbons (Fsp3) is 0.615. The van der Waals surface area contributed by atoms with Crippen LogP contribution in [-0.4, -0.2) is 44.8 Å². The van der Waals surface area contributed by atoms with E-state index in [2.05, 4.69) is 5.10 Å². The summed E-state index contributed by atoms with van der Waals surface area (Å²) in [6.45, 7) is 4.47. The molecule has 1 amide bonds. The molecular formula is C13H19N3O3. The first-order chi connectivity index (χ1) is 8.91. The number of aromatic nitrogens is 2. The summed E-state index contributed by atoms with van der Waals surface area (Å²) in [6, 6.07) is 0. The lowest BCUT2D eigenvalue weighted by molar-refractivity contribution is -0.148. The van der Waals surface area contributed by atoms with Gasteiger partial charge in [0, 0.05) is 25.8 Å². The molecular weight excluding hydrogens is 246 g/mol. The second-order valence-corrected chi connectivity index (χ2v) is 5.18. The van der Waals surface area contributed by atoms with Gasteiger partial charge >= 0.3 is 5.97 Å².